The van der Waals surface area contributed by atoms with Crippen LogP contribution in [0.1, 0.15) is 34.0 Å². The van der Waals surface area contributed by atoms with E-state index in [1.54, 1.807) is 18.2 Å². The number of esters is 1. The summed E-state index contributed by atoms with van der Waals surface area (Å²) in [6, 6.07) is 24.9. The standard InChI is InChI=1S/C26H26O4/c1-19(25(27)17-22-9-6-10-23(16-22)26(28)29-2)15-20-11-13-24(14-12-20)30-18-21-7-4-3-5-8-21/h3-14,16,19H,15,17-18H2,1-2H3/t19-/m0/s1. The fourth-order valence-electron chi connectivity index (χ4n) is 3.23. The van der Waals surface area contributed by atoms with Crippen LogP contribution in [0, 0.1) is 5.92 Å². The van der Waals surface area contributed by atoms with E-state index in [4.69, 9.17) is 9.47 Å². The van der Waals surface area contributed by atoms with Crippen molar-refractivity contribution in [1.29, 1.82) is 0 Å². The van der Waals surface area contributed by atoms with Crippen molar-refractivity contribution in [2.45, 2.75) is 26.4 Å². The molecule has 0 fully saturated rings. The Kier molecular flexibility index (Phi) is 7.39. The average Bonchev–Trinajstić information content (AvgIpc) is 2.79. The van der Waals surface area contributed by atoms with E-state index in [0.717, 1.165) is 22.4 Å². The third kappa shape index (κ3) is 6.05. The van der Waals surface area contributed by atoms with E-state index in [0.29, 0.717) is 25.0 Å². The van der Waals surface area contributed by atoms with Crippen LogP contribution in [0.5, 0.6) is 5.75 Å². The summed E-state index contributed by atoms with van der Waals surface area (Å²) < 4.78 is 10.6. The summed E-state index contributed by atoms with van der Waals surface area (Å²) in [5, 5.41) is 0. The second-order valence-corrected chi connectivity index (χ2v) is 7.36. The molecule has 3 rings (SSSR count). The second-order valence-electron chi connectivity index (χ2n) is 7.36. The van der Waals surface area contributed by atoms with Gasteiger partial charge in [-0.05, 0) is 47.4 Å². The van der Waals surface area contributed by atoms with Gasteiger partial charge in [0.1, 0.15) is 18.1 Å². The van der Waals surface area contributed by atoms with Crippen molar-refractivity contribution >= 4 is 11.8 Å². The van der Waals surface area contributed by atoms with E-state index < -0.39 is 5.97 Å². The van der Waals surface area contributed by atoms with Crippen LogP contribution in [0.4, 0.5) is 0 Å². The quantitative estimate of drug-likeness (QED) is 0.471. The van der Waals surface area contributed by atoms with E-state index in [-0.39, 0.29) is 11.7 Å². The molecule has 3 aromatic rings. The lowest BCUT2D eigenvalue weighted by Gasteiger charge is -2.12. The molecule has 0 unspecified atom stereocenters. The Morgan fingerprint density at radius 2 is 1.53 bits per heavy atom. The Balaban J connectivity index is 1.53. The first-order valence-corrected chi connectivity index (χ1v) is 10.0. The monoisotopic (exact) mass is 402 g/mol. The van der Waals surface area contributed by atoms with Gasteiger partial charge in [-0.2, -0.15) is 0 Å². The molecule has 4 heteroatoms. The minimum absolute atomic E-state index is 0.122. The lowest BCUT2D eigenvalue weighted by Crippen LogP contribution is -2.16. The molecular weight excluding hydrogens is 376 g/mol. The molecule has 4 nitrogen and oxygen atoms in total. The molecule has 0 saturated heterocycles. The molecule has 0 spiro atoms. The van der Waals surface area contributed by atoms with Gasteiger partial charge in [-0.3, -0.25) is 4.79 Å². The largest absolute Gasteiger partial charge is 0.489 e. The molecule has 0 saturated carbocycles. The Hall–Kier alpha value is -3.40. The number of ketones is 1. The van der Waals surface area contributed by atoms with Gasteiger partial charge in [0.15, 0.2) is 0 Å². The van der Waals surface area contributed by atoms with Gasteiger partial charge >= 0.3 is 5.97 Å². The van der Waals surface area contributed by atoms with Gasteiger partial charge in [0.2, 0.25) is 0 Å². The van der Waals surface area contributed by atoms with Crippen molar-refractivity contribution in [1.82, 2.24) is 0 Å². The summed E-state index contributed by atoms with van der Waals surface area (Å²) in [6.45, 7) is 2.46. The van der Waals surface area contributed by atoms with Crippen molar-refractivity contribution in [2.75, 3.05) is 7.11 Å². The van der Waals surface area contributed by atoms with E-state index in [9.17, 15) is 9.59 Å². The molecule has 0 bridgehead atoms. The molecule has 0 aromatic heterocycles. The predicted molar refractivity (Wildman–Crippen MR) is 117 cm³/mol. The highest BCUT2D eigenvalue weighted by Gasteiger charge is 2.15. The molecule has 1 atom stereocenters. The summed E-state index contributed by atoms with van der Waals surface area (Å²) in [4.78, 5) is 24.3. The molecule has 0 radical (unpaired) electrons. The number of hydrogen-bond acceptors (Lipinski definition) is 4. The number of rotatable bonds is 9. The highest BCUT2D eigenvalue weighted by atomic mass is 16.5. The Morgan fingerprint density at radius 1 is 0.833 bits per heavy atom. The number of carbonyl (C=O) groups excluding carboxylic acids is 2. The first-order valence-electron chi connectivity index (χ1n) is 10.0. The third-order valence-corrected chi connectivity index (χ3v) is 4.99. The van der Waals surface area contributed by atoms with Gasteiger partial charge in [-0.25, -0.2) is 4.79 Å². The molecular formula is C26H26O4. The SMILES string of the molecule is COC(=O)c1cccc(CC(=O)[C@@H](C)Cc2ccc(OCc3ccccc3)cc2)c1. The third-order valence-electron chi connectivity index (χ3n) is 4.99. The van der Waals surface area contributed by atoms with Crippen LogP contribution in [-0.4, -0.2) is 18.9 Å². The normalized spacial score (nSPS) is 11.5. The summed E-state index contributed by atoms with van der Waals surface area (Å²) in [6.07, 6.45) is 0.957. The average molecular weight is 402 g/mol. The fraction of sp³-hybridized carbons (Fsp3) is 0.231. The maximum absolute atomic E-state index is 12.7. The van der Waals surface area contributed by atoms with Gasteiger partial charge < -0.3 is 9.47 Å². The molecule has 0 aliphatic heterocycles. The number of methoxy groups -OCH3 is 1. The number of ether oxygens (including phenoxy) is 2. The van der Waals surface area contributed by atoms with Gasteiger partial charge in [0.05, 0.1) is 12.7 Å². The Labute approximate surface area is 177 Å². The second kappa shape index (κ2) is 10.4. The minimum atomic E-state index is -0.396. The Morgan fingerprint density at radius 3 is 2.23 bits per heavy atom. The minimum Gasteiger partial charge on any atom is -0.489 e. The van der Waals surface area contributed by atoms with Crippen molar-refractivity contribution in [3.63, 3.8) is 0 Å². The van der Waals surface area contributed by atoms with Crippen molar-refractivity contribution in [3.05, 3.63) is 101 Å². The number of carbonyl (C=O) groups is 2. The summed E-state index contributed by atoms with van der Waals surface area (Å²) in [5.41, 5.74) is 3.49. The van der Waals surface area contributed by atoms with Crippen LogP contribution in [0.15, 0.2) is 78.9 Å². The van der Waals surface area contributed by atoms with Gasteiger partial charge in [0.25, 0.3) is 0 Å². The molecule has 0 heterocycles. The lowest BCUT2D eigenvalue weighted by molar-refractivity contribution is -0.121. The maximum Gasteiger partial charge on any atom is 0.337 e. The maximum atomic E-state index is 12.7. The van der Waals surface area contributed by atoms with Crippen molar-refractivity contribution in [2.24, 2.45) is 5.92 Å². The van der Waals surface area contributed by atoms with Crippen LogP contribution in [0.2, 0.25) is 0 Å². The molecule has 154 valence electrons. The Bertz CT molecular complexity index is 977. The molecule has 3 aromatic carbocycles. The first-order chi connectivity index (χ1) is 14.5. The van der Waals surface area contributed by atoms with Crippen molar-refractivity contribution in [3.8, 4) is 5.75 Å². The smallest absolute Gasteiger partial charge is 0.337 e. The van der Waals surface area contributed by atoms with Crippen LogP contribution < -0.4 is 4.74 Å². The zero-order valence-electron chi connectivity index (χ0n) is 17.3. The molecule has 0 aliphatic carbocycles. The fourth-order valence-corrected chi connectivity index (χ4v) is 3.23. The van der Waals surface area contributed by atoms with Crippen LogP contribution in [-0.2, 0) is 29.0 Å². The predicted octanol–water partition coefficient (Wildman–Crippen LogP) is 5.04. The zero-order chi connectivity index (χ0) is 21.3. The number of hydrogen-bond donors (Lipinski definition) is 0. The van der Waals surface area contributed by atoms with Gasteiger partial charge in [-0.15, -0.1) is 0 Å². The zero-order valence-corrected chi connectivity index (χ0v) is 17.3. The van der Waals surface area contributed by atoms with Crippen LogP contribution in [0.25, 0.3) is 0 Å². The van der Waals surface area contributed by atoms with E-state index in [1.165, 1.54) is 7.11 Å². The van der Waals surface area contributed by atoms with E-state index in [1.807, 2.05) is 67.6 Å². The molecule has 0 aliphatic rings. The highest BCUT2D eigenvalue weighted by molar-refractivity contribution is 5.90. The van der Waals surface area contributed by atoms with Crippen molar-refractivity contribution < 1.29 is 19.1 Å². The summed E-state index contributed by atoms with van der Waals surface area (Å²) >= 11 is 0. The van der Waals surface area contributed by atoms with Gasteiger partial charge in [-0.1, -0.05) is 61.5 Å². The van der Waals surface area contributed by atoms with Crippen LogP contribution >= 0.6 is 0 Å². The number of benzene rings is 3. The number of Topliss-reactive ketones (excluding diaryl/α,β-unsaturated/α-hetero) is 1. The molecule has 30 heavy (non-hydrogen) atoms. The highest BCUT2D eigenvalue weighted by Crippen LogP contribution is 2.18. The molecule has 0 N–H and O–H groups in total. The summed E-state index contributed by atoms with van der Waals surface area (Å²) in [7, 11) is 1.35. The summed E-state index contributed by atoms with van der Waals surface area (Å²) in [5.74, 6) is 0.428. The van der Waals surface area contributed by atoms with E-state index >= 15 is 0 Å². The molecule has 0 amide bonds. The lowest BCUT2D eigenvalue weighted by atomic mass is 9.93. The van der Waals surface area contributed by atoms with Gasteiger partial charge in [0, 0.05) is 12.3 Å². The topological polar surface area (TPSA) is 52.6 Å². The first kappa shape index (κ1) is 21.3. The van der Waals surface area contributed by atoms with E-state index in [2.05, 4.69) is 0 Å². The van der Waals surface area contributed by atoms with Crippen LogP contribution in [0.3, 0.4) is 0 Å².